The number of hydrogen-bond donors (Lipinski definition) is 2. The average molecular weight is 423 g/mol. The van der Waals surface area contributed by atoms with Gasteiger partial charge in [-0.3, -0.25) is 9.48 Å². The fourth-order valence-electron chi connectivity index (χ4n) is 2.54. The number of aromatic nitrogens is 2. The van der Waals surface area contributed by atoms with Crippen molar-refractivity contribution in [1.82, 2.24) is 9.78 Å². The Bertz CT molecular complexity index is 975. The first-order valence-corrected chi connectivity index (χ1v) is 9.48. The monoisotopic (exact) mass is 423 g/mol. The number of amides is 1. The summed E-state index contributed by atoms with van der Waals surface area (Å²) in [4.78, 5) is 49.0. The molecule has 0 radical (unpaired) electrons. The number of nitrogens with zero attached hydrogens (tertiary/aromatic N) is 2. The van der Waals surface area contributed by atoms with Gasteiger partial charge in [0.1, 0.15) is 21.1 Å². The molecule has 2 heterocycles. The third-order valence-corrected chi connectivity index (χ3v) is 4.95. The van der Waals surface area contributed by atoms with Gasteiger partial charge < -0.3 is 19.9 Å². The summed E-state index contributed by atoms with van der Waals surface area (Å²) in [5, 5.41) is 15.6. The molecule has 0 spiro atoms. The molecule has 0 saturated carbocycles. The quantitative estimate of drug-likeness (QED) is 0.648. The maximum Gasteiger partial charge on any atom is 0.348 e. The summed E-state index contributed by atoms with van der Waals surface area (Å²) in [6.45, 7) is 6.66. The van der Waals surface area contributed by atoms with Gasteiger partial charge in [0.15, 0.2) is 0 Å². The topological polar surface area (TPSA) is 137 Å². The lowest BCUT2D eigenvalue weighted by Gasteiger charge is -2.10. The smallest absolute Gasteiger partial charge is 0.348 e. The van der Waals surface area contributed by atoms with Gasteiger partial charge in [-0.05, 0) is 33.3 Å². The van der Waals surface area contributed by atoms with Crippen LogP contribution in [0.25, 0.3) is 0 Å². The summed E-state index contributed by atoms with van der Waals surface area (Å²) >= 11 is 0.851. The molecule has 0 fully saturated rings. The molecule has 2 N–H and O–H groups in total. The predicted molar refractivity (Wildman–Crippen MR) is 104 cm³/mol. The minimum absolute atomic E-state index is 0.0131. The Kier molecular flexibility index (Phi) is 6.75. The van der Waals surface area contributed by atoms with Crippen LogP contribution in [0.15, 0.2) is 6.20 Å². The predicted octanol–water partition coefficient (Wildman–Crippen LogP) is 2.48. The second kappa shape index (κ2) is 8.86. The normalized spacial score (nSPS) is 10.7. The fourth-order valence-corrected chi connectivity index (χ4v) is 3.62. The highest BCUT2D eigenvalue weighted by Crippen LogP contribution is 2.35. The zero-order chi connectivity index (χ0) is 21.9. The second-order valence-electron chi connectivity index (χ2n) is 6.22. The van der Waals surface area contributed by atoms with E-state index in [0.29, 0.717) is 5.56 Å². The van der Waals surface area contributed by atoms with Crippen LogP contribution in [-0.2, 0) is 16.5 Å². The van der Waals surface area contributed by atoms with Crippen LogP contribution in [0, 0.1) is 6.92 Å². The van der Waals surface area contributed by atoms with Crippen LogP contribution < -0.4 is 5.32 Å². The van der Waals surface area contributed by atoms with E-state index in [1.807, 2.05) is 0 Å². The van der Waals surface area contributed by atoms with Gasteiger partial charge in [-0.2, -0.15) is 5.10 Å². The molecule has 0 aliphatic rings. The molecule has 10 nitrogen and oxygen atoms in total. The maximum absolute atomic E-state index is 12.7. The van der Waals surface area contributed by atoms with Crippen molar-refractivity contribution in [3.63, 3.8) is 0 Å². The lowest BCUT2D eigenvalue weighted by Crippen LogP contribution is -2.21. The fraction of sp³-hybridized carbons (Fsp3) is 0.389. The van der Waals surface area contributed by atoms with Crippen molar-refractivity contribution in [3.8, 4) is 0 Å². The highest BCUT2D eigenvalue weighted by Gasteiger charge is 2.30. The number of aryl methyl sites for hydroxylation is 1. The van der Waals surface area contributed by atoms with Gasteiger partial charge in [0.05, 0.1) is 24.5 Å². The highest BCUT2D eigenvalue weighted by atomic mass is 32.1. The van der Waals surface area contributed by atoms with Crippen LogP contribution in [0.4, 0.5) is 5.00 Å². The van der Waals surface area contributed by atoms with Crippen LogP contribution >= 0.6 is 11.3 Å². The molecule has 2 rings (SSSR count). The Morgan fingerprint density at radius 1 is 1.28 bits per heavy atom. The van der Waals surface area contributed by atoms with E-state index < -0.39 is 29.9 Å². The van der Waals surface area contributed by atoms with Gasteiger partial charge in [-0.25, -0.2) is 14.4 Å². The van der Waals surface area contributed by atoms with Gasteiger partial charge >= 0.3 is 17.9 Å². The summed E-state index contributed by atoms with van der Waals surface area (Å²) in [7, 11) is 1.42. The van der Waals surface area contributed by atoms with Crippen molar-refractivity contribution in [2.75, 3.05) is 11.9 Å². The Balaban J connectivity index is 2.50. The van der Waals surface area contributed by atoms with E-state index in [1.54, 1.807) is 27.7 Å². The number of carbonyl (C=O) groups is 4. The molecule has 0 saturated heterocycles. The van der Waals surface area contributed by atoms with E-state index in [2.05, 4.69) is 10.4 Å². The van der Waals surface area contributed by atoms with Crippen molar-refractivity contribution in [3.05, 3.63) is 33.5 Å². The Morgan fingerprint density at radius 3 is 2.48 bits per heavy atom. The maximum atomic E-state index is 12.7. The first-order valence-electron chi connectivity index (χ1n) is 8.66. The molecule has 1 amide bonds. The number of rotatable bonds is 7. The Hall–Kier alpha value is -3.21. The van der Waals surface area contributed by atoms with E-state index >= 15 is 0 Å². The van der Waals surface area contributed by atoms with E-state index in [9.17, 15) is 24.3 Å². The lowest BCUT2D eigenvalue weighted by atomic mass is 10.1. The number of esters is 2. The van der Waals surface area contributed by atoms with Crippen molar-refractivity contribution < 1.29 is 33.8 Å². The molecule has 2 aromatic rings. The van der Waals surface area contributed by atoms with Gasteiger partial charge in [-0.15, -0.1) is 11.3 Å². The van der Waals surface area contributed by atoms with Crippen LogP contribution in [0.2, 0.25) is 0 Å². The molecule has 2 aromatic heterocycles. The standard InChI is InChI=1S/C18H21N3O7S/c1-6-27-18(26)13-9(4)11(17(25)28-8(2)3)15(29-13)20-14(22)12-10(16(23)24)7-19-21(12)5/h7-8H,6H2,1-5H3,(H,20,22)(H,23,24). The van der Waals surface area contributed by atoms with Crippen molar-refractivity contribution in [2.45, 2.75) is 33.8 Å². The van der Waals surface area contributed by atoms with Crippen LogP contribution in [-0.4, -0.2) is 51.4 Å². The van der Waals surface area contributed by atoms with Gasteiger partial charge in [0, 0.05) is 7.05 Å². The first-order chi connectivity index (χ1) is 13.6. The second-order valence-corrected chi connectivity index (χ2v) is 7.25. The molecule has 0 unspecified atom stereocenters. The Labute approximate surface area is 170 Å². The summed E-state index contributed by atoms with van der Waals surface area (Å²) in [6, 6.07) is 0. The van der Waals surface area contributed by atoms with Gasteiger partial charge in [-0.1, -0.05) is 0 Å². The number of hydrogen-bond acceptors (Lipinski definition) is 8. The van der Waals surface area contributed by atoms with Crippen LogP contribution in [0.1, 0.15) is 67.2 Å². The molecule has 11 heteroatoms. The minimum Gasteiger partial charge on any atom is -0.478 e. The van der Waals surface area contributed by atoms with Crippen molar-refractivity contribution in [2.24, 2.45) is 7.05 Å². The number of carboxylic acid groups (broad SMARTS) is 1. The molecule has 156 valence electrons. The lowest BCUT2D eigenvalue weighted by molar-refractivity contribution is 0.0378. The zero-order valence-electron chi connectivity index (χ0n) is 16.6. The molecule has 0 aliphatic carbocycles. The molecule has 0 atom stereocenters. The molecule has 29 heavy (non-hydrogen) atoms. The van der Waals surface area contributed by atoms with E-state index in [0.717, 1.165) is 22.2 Å². The zero-order valence-corrected chi connectivity index (χ0v) is 17.4. The molecular weight excluding hydrogens is 402 g/mol. The summed E-state index contributed by atoms with van der Waals surface area (Å²) < 4.78 is 11.3. The van der Waals surface area contributed by atoms with Gasteiger partial charge in [0.2, 0.25) is 0 Å². The number of ether oxygens (including phenoxy) is 2. The minimum atomic E-state index is -1.32. The van der Waals surface area contributed by atoms with E-state index in [-0.39, 0.29) is 33.3 Å². The summed E-state index contributed by atoms with van der Waals surface area (Å²) in [6.07, 6.45) is 0.626. The van der Waals surface area contributed by atoms with Crippen molar-refractivity contribution >= 4 is 40.2 Å². The van der Waals surface area contributed by atoms with E-state index in [4.69, 9.17) is 9.47 Å². The number of carbonyl (C=O) groups excluding carboxylic acids is 3. The largest absolute Gasteiger partial charge is 0.478 e. The highest BCUT2D eigenvalue weighted by molar-refractivity contribution is 7.18. The summed E-state index contributed by atoms with van der Waals surface area (Å²) in [5.74, 6) is -3.47. The van der Waals surface area contributed by atoms with Crippen LogP contribution in [0.5, 0.6) is 0 Å². The Morgan fingerprint density at radius 2 is 1.93 bits per heavy atom. The third-order valence-electron chi connectivity index (χ3n) is 3.77. The summed E-state index contributed by atoms with van der Waals surface area (Å²) in [5.41, 5.74) is -0.184. The average Bonchev–Trinajstić information content (AvgIpc) is 3.14. The SMILES string of the molecule is CCOC(=O)c1sc(NC(=O)c2c(C(=O)O)cnn2C)c(C(=O)OC(C)C)c1C. The number of aromatic carboxylic acids is 1. The third kappa shape index (κ3) is 4.62. The number of thiophene rings is 1. The number of nitrogens with one attached hydrogen (secondary N) is 1. The first kappa shape index (κ1) is 22.1. The molecular formula is C18H21N3O7S. The molecule has 0 aliphatic heterocycles. The molecule has 0 bridgehead atoms. The van der Waals surface area contributed by atoms with Gasteiger partial charge in [0.25, 0.3) is 5.91 Å². The van der Waals surface area contributed by atoms with Crippen LogP contribution in [0.3, 0.4) is 0 Å². The van der Waals surface area contributed by atoms with Crippen molar-refractivity contribution in [1.29, 1.82) is 0 Å². The van der Waals surface area contributed by atoms with E-state index in [1.165, 1.54) is 7.05 Å². The number of anilines is 1. The molecule has 0 aromatic carbocycles. The number of carboxylic acids is 1.